The molecule has 20 heavy (non-hydrogen) atoms. The number of hydrogen-bond donors (Lipinski definition) is 1. The lowest BCUT2D eigenvalue weighted by Crippen LogP contribution is -2.47. The molecule has 1 N–H and O–H groups in total. The molecule has 0 aromatic heterocycles. The lowest BCUT2D eigenvalue weighted by molar-refractivity contribution is 0.0453. The lowest BCUT2D eigenvalue weighted by atomic mass is 9.61. The maximum atomic E-state index is 3.67. The van der Waals surface area contributed by atoms with Crippen LogP contribution in [-0.2, 0) is 0 Å². The summed E-state index contributed by atoms with van der Waals surface area (Å²) in [5.74, 6) is 1.76. The van der Waals surface area contributed by atoms with Crippen LogP contribution >= 0.6 is 0 Å². The molecule has 0 radical (unpaired) electrons. The highest BCUT2D eigenvalue weighted by Crippen LogP contribution is 2.46. The highest BCUT2D eigenvalue weighted by Gasteiger charge is 2.40. The summed E-state index contributed by atoms with van der Waals surface area (Å²) >= 11 is 0. The van der Waals surface area contributed by atoms with Crippen LogP contribution in [0.5, 0.6) is 0 Å². The van der Waals surface area contributed by atoms with E-state index < -0.39 is 0 Å². The van der Waals surface area contributed by atoms with E-state index in [9.17, 15) is 0 Å². The summed E-state index contributed by atoms with van der Waals surface area (Å²) in [7, 11) is 0. The largest absolute Gasteiger partial charge is 0.316 e. The van der Waals surface area contributed by atoms with Crippen LogP contribution < -0.4 is 5.32 Å². The van der Waals surface area contributed by atoms with E-state index in [1.165, 1.54) is 90.1 Å². The average molecular weight is 280 g/mol. The van der Waals surface area contributed by atoms with Gasteiger partial charge in [0.2, 0.25) is 0 Å². The zero-order valence-electron chi connectivity index (χ0n) is 14.1. The topological polar surface area (TPSA) is 12.0 Å². The molecule has 1 unspecified atom stereocenters. The molecule has 2 rings (SSSR count). The van der Waals surface area contributed by atoms with E-state index in [0.717, 1.165) is 11.8 Å². The zero-order chi connectivity index (χ0) is 14.3. The smallest absolute Gasteiger partial charge is 0.00127 e. The third-order valence-corrected chi connectivity index (χ3v) is 6.10. The Kier molecular flexibility index (Phi) is 6.87. The number of nitrogens with one attached hydrogen (secondary N) is 1. The summed E-state index contributed by atoms with van der Waals surface area (Å²) in [4.78, 5) is 0. The fraction of sp³-hybridized carbons (Fsp3) is 1.00. The highest BCUT2D eigenvalue weighted by atomic mass is 14.9. The van der Waals surface area contributed by atoms with Crippen LogP contribution in [0.2, 0.25) is 0 Å². The Morgan fingerprint density at radius 2 is 1.25 bits per heavy atom. The summed E-state index contributed by atoms with van der Waals surface area (Å²) in [6.07, 6.45) is 17.9. The van der Waals surface area contributed by atoms with Crippen molar-refractivity contribution in [2.75, 3.05) is 13.1 Å². The van der Waals surface area contributed by atoms with Crippen molar-refractivity contribution in [3.05, 3.63) is 0 Å². The van der Waals surface area contributed by atoms with Gasteiger partial charge >= 0.3 is 0 Å². The van der Waals surface area contributed by atoms with E-state index in [1.54, 1.807) is 0 Å². The highest BCUT2D eigenvalue weighted by molar-refractivity contribution is 4.93. The molecule has 1 heteroatoms. The molecule has 2 fully saturated rings. The quantitative estimate of drug-likeness (QED) is 0.664. The minimum Gasteiger partial charge on any atom is -0.316 e. The predicted octanol–water partition coefficient (Wildman–Crippen LogP) is 5.54. The summed E-state index contributed by atoms with van der Waals surface area (Å²) in [5, 5.41) is 3.67. The van der Waals surface area contributed by atoms with Crippen molar-refractivity contribution < 1.29 is 0 Å². The van der Waals surface area contributed by atoms with E-state index in [4.69, 9.17) is 0 Å². The van der Waals surface area contributed by atoms with Crippen LogP contribution in [0.3, 0.4) is 0 Å². The molecule has 1 aliphatic carbocycles. The molecule has 2 aliphatic rings. The van der Waals surface area contributed by atoms with Gasteiger partial charge in [0.05, 0.1) is 0 Å². The van der Waals surface area contributed by atoms with Crippen molar-refractivity contribution >= 4 is 0 Å². The van der Waals surface area contributed by atoms with Crippen LogP contribution in [0.15, 0.2) is 0 Å². The van der Waals surface area contributed by atoms with E-state index >= 15 is 0 Å². The summed E-state index contributed by atoms with van der Waals surface area (Å²) in [5.41, 5.74) is 0.679. The van der Waals surface area contributed by atoms with Gasteiger partial charge in [-0.1, -0.05) is 71.6 Å². The van der Waals surface area contributed by atoms with Crippen molar-refractivity contribution in [1.82, 2.24) is 5.32 Å². The molecule has 1 spiro atoms. The fourth-order valence-corrected chi connectivity index (χ4v) is 4.88. The molecule has 1 saturated heterocycles. The van der Waals surface area contributed by atoms with Gasteiger partial charge in [-0.2, -0.15) is 0 Å². The molecule has 1 aliphatic heterocycles. The first kappa shape index (κ1) is 16.3. The lowest BCUT2D eigenvalue weighted by Gasteiger charge is -2.47. The van der Waals surface area contributed by atoms with Crippen molar-refractivity contribution in [2.24, 2.45) is 17.3 Å². The molecule has 1 heterocycles. The maximum absolute atomic E-state index is 3.67. The van der Waals surface area contributed by atoms with E-state index in [0.29, 0.717) is 5.41 Å². The Balaban J connectivity index is 2.01. The summed E-state index contributed by atoms with van der Waals surface area (Å²) in [6.45, 7) is 7.45. The predicted molar refractivity (Wildman–Crippen MR) is 89.0 cm³/mol. The van der Waals surface area contributed by atoms with Crippen LogP contribution in [-0.4, -0.2) is 13.1 Å². The third kappa shape index (κ3) is 4.48. The van der Waals surface area contributed by atoms with E-state index in [2.05, 4.69) is 19.2 Å². The Labute approximate surface area is 127 Å². The fourth-order valence-electron chi connectivity index (χ4n) is 4.88. The van der Waals surface area contributed by atoms with Gasteiger partial charge in [0.1, 0.15) is 0 Å². The van der Waals surface area contributed by atoms with Gasteiger partial charge in [-0.25, -0.2) is 0 Å². The average Bonchev–Trinajstić information content (AvgIpc) is 2.43. The maximum Gasteiger partial charge on any atom is -0.00127 e. The molecule has 1 nitrogen and oxygen atoms in total. The first-order valence-corrected chi connectivity index (χ1v) is 9.45. The molecule has 0 bridgehead atoms. The second-order valence-corrected chi connectivity index (χ2v) is 7.85. The van der Waals surface area contributed by atoms with Crippen molar-refractivity contribution in [1.29, 1.82) is 0 Å². The second kappa shape index (κ2) is 8.41. The molecule has 118 valence electrons. The number of rotatable bonds is 1. The van der Waals surface area contributed by atoms with Crippen LogP contribution in [0.25, 0.3) is 0 Å². The van der Waals surface area contributed by atoms with Crippen molar-refractivity contribution in [2.45, 2.75) is 90.9 Å². The summed E-state index contributed by atoms with van der Waals surface area (Å²) < 4.78 is 0. The normalized spacial score (nSPS) is 29.9. The third-order valence-electron chi connectivity index (χ3n) is 6.10. The van der Waals surface area contributed by atoms with Crippen LogP contribution in [0.1, 0.15) is 90.9 Å². The van der Waals surface area contributed by atoms with Crippen LogP contribution in [0, 0.1) is 17.3 Å². The Hall–Kier alpha value is -0.0400. The second-order valence-electron chi connectivity index (χ2n) is 7.85. The van der Waals surface area contributed by atoms with Gasteiger partial charge in [0, 0.05) is 0 Å². The Morgan fingerprint density at radius 1 is 0.750 bits per heavy atom. The zero-order valence-corrected chi connectivity index (χ0v) is 14.1. The first-order valence-electron chi connectivity index (χ1n) is 9.45. The Bertz CT molecular complexity index is 246. The van der Waals surface area contributed by atoms with E-state index in [-0.39, 0.29) is 0 Å². The number of piperidine rings is 1. The molecule has 0 aromatic rings. The van der Waals surface area contributed by atoms with E-state index in [1.807, 2.05) is 0 Å². The van der Waals surface area contributed by atoms with Gasteiger partial charge < -0.3 is 5.32 Å². The minimum atomic E-state index is 0.679. The molecule has 1 atom stereocenters. The van der Waals surface area contributed by atoms with Crippen molar-refractivity contribution in [3.63, 3.8) is 0 Å². The Morgan fingerprint density at radius 3 is 1.75 bits per heavy atom. The van der Waals surface area contributed by atoms with Gasteiger partial charge in [-0.15, -0.1) is 0 Å². The van der Waals surface area contributed by atoms with Gasteiger partial charge in [0.25, 0.3) is 0 Å². The SMILES string of the molecule is CC(C)C1CNCCC12CCCCCCCCCCC2. The first-order chi connectivity index (χ1) is 9.75. The molecular formula is C19H37N. The molecule has 0 amide bonds. The molecule has 1 saturated carbocycles. The van der Waals surface area contributed by atoms with Gasteiger partial charge in [-0.05, 0) is 49.6 Å². The van der Waals surface area contributed by atoms with Gasteiger partial charge in [0.15, 0.2) is 0 Å². The van der Waals surface area contributed by atoms with Crippen LogP contribution in [0.4, 0.5) is 0 Å². The molecule has 0 aromatic carbocycles. The monoisotopic (exact) mass is 279 g/mol. The standard InChI is InChI=1S/C19H37N/c1-17(2)18-16-20-15-14-19(18)12-10-8-6-4-3-5-7-9-11-13-19/h17-18,20H,3-16H2,1-2H3. The summed E-state index contributed by atoms with van der Waals surface area (Å²) in [6, 6.07) is 0. The minimum absolute atomic E-state index is 0.679. The number of hydrogen-bond acceptors (Lipinski definition) is 1. The van der Waals surface area contributed by atoms with Gasteiger partial charge in [-0.3, -0.25) is 0 Å². The molecular weight excluding hydrogens is 242 g/mol. The van der Waals surface area contributed by atoms with Crippen molar-refractivity contribution in [3.8, 4) is 0 Å².